The molecule has 0 saturated heterocycles. The molecule has 160 valence electrons. The molecule has 31 heavy (non-hydrogen) atoms. The minimum atomic E-state index is -4.38. The average molecular weight is 448 g/mol. The van der Waals surface area contributed by atoms with Crippen molar-refractivity contribution >= 4 is 28.4 Å². The van der Waals surface area contributed by atoms with Gasteiger partial charge in [0, 0.05) is 41.2 Å². The van der Waals surface area contributed by atoms with E-state index in [1.54, 1.807) is 6.07 Å². The molecule has 2 aromatic carbocycles. The lowest BCUT2D eigenvalue weighted by Gasteiger charge is -2.06. The first kappa shape index (κ1) is 21.0. The second kappa shape index (κ2) is 8.47. The summed E-state index contributed by atoms with van der Waals surface area (Å²) in [5, 5.41) is 8.18. The molecule has 0 unspecified atom stereocenters. The van der Waals surface area contributed by atoms with Crippen molar-refractivity contribution in [3.63, 3.8) is 0 Å². The third-order valence-electron chi connectivity index (χ3n) is 4.86. The van der Waals surface area contributed by atoms with Crippen LogP contribution in [-0.2, 0) is 19.0 Å². The van der Waals surface area contributed by atoms with Crippen molar-refractivity contribution in [2.45, 2.75) is 19.0 Å². The van der Waals surface area contributed by atoms with Crippen LogP contribution in [0.25, 0.3) is 10.9 Å². The third kappa shape index (κ3) is 4.91. The van der Waals surface area contributed by atoms with E-state index < -0.39 is 11.7 Å². The molecule has 0 aliphatic rings. The number of nitrogens with zero attached hydrogens (tertiary/aromatic N) is 1. The van der Waals surface area contributed by atoms with Gasteiger partial charge in [-0.3, -0.25) is 4.79 Å². The van der Waals surface area contributed by atoms with Gasteiger partial charge in [0.1, 0.15) is 5.76 Å². The first-order valence-electron chi connectivity index (χ1n) is 9.45. The van der Waals surface area contributed by atoms with E-state index in [2.05, 4.69) is 15.5 Å². The van der Waals surface area contributed by atoms with Crippen LogP contribution >= 0.6 is 11.6 Å². The van der Waals surface area contributed by atoms with Crippen LogP contribution < -0.4 is 5.32 Å². The molecular formula is C22H17ClF3N3O2. The Morgan fingerprint density at radius 3 is 2.65 bits per heavy atom. The number of benzene rings is 2. The highest BCUT2D eigenvalue weighted by atomic mass is 35.5. The molecule has 0 spiro atoms. The Kier molecular flexibility index (Phi) is 5.73. The number of carbonyl (C=O) groups is 1. The number of aromatic amines is 1. The Balaban J connectivity index is 1.33. The van der Waals surface area contributed by atoms with Gasteiger partial charge in [-0.15, -0.1) is 0 Å². The van der Waals surface area contributed by atoms with Gasteiger partial charge in [-0.05, 0) is 47.9 Å². The number of nitrogens with one attached hydrogen (secondary N) is 2. The second-order valence-electron chi connectivity index (χ2n) is 7.06. The van der Waals surface area contributed by atoms with Crippen molar-refractivity contribution in [1.29, 1.82) is 0 Å². The summed E-state index contributed by atoms with van der Waals surface area (Å²) in [5.74, 6) is -0.00327. The van der Waals surface area contributed by atoms with Gasteiger partial charge in [0.25, 0.3) is 5.91 Å². The van der Waals surface area contributed by atoms with Gasteiger partial charge in [-0.1, -0.05) is 28.9 Å². The minimum Gasteiger partial charge on any atom is -0.361 e. The summed E-state index contributed by atoms with van der Waals surface area (Å²) in [6.07, 6.45) is -1.67. The molecule has 0 radical (unpaired) electrons. The second-order valence-corrected chi connectivity index (χ2v) is 7.50. The van der Waals surface area contributed by atoms with E-state index in [0.29, 0.717) is 29.3 Å². The molecule has 9 heteroatoms. The SMILES string of the molecule is O=C(NCCc1c[nH]c2ccc(Cl)cc12)c1cc(Cc2ccc(C(F)(F)F)cc2)on1. The lowest BCUT2D eigenvalue weighted by Crippen LogP contribution is -2.25. The van der Waals surface area contributed by atoms with Crippen LogP contribution in [0.3, 0.4) is 0 Å². The number of H-pyrrole nitrogens is 1. The topological polar surface area (TPSA) is 70.9 Å². The Morgan fingerprint density at radius 2 is 1.90 bits per heavy atom. The van der Waals surface area contributed by atoms with Crippen molar-refractivity contribution in [1.82, 2.24) is 15.5 Å². The smallest absolute Gasteiger partial charge is 0.361 e. The highest BCUT2D eigenvalue weighted by molar-refractivity contribution is 6.31. The zero-order valence-electron chi connectivity index (χ0n) is 16.1. The molecular weight excluding hydrogens is 431 g/mol. The van der Waals surface area contributed by atoms with Crippen molar-refractivity contribution in [2.24, 2.45) is 0 Å². The number of rotatable bonds is 6. The van der Waals surface area contributed by atoms with Gasteiger partial charge >= 0.3 is 6.18 Å². The zero-order valence-corrected chi connectivity index (χ0v) is 16.8. The van der Waals surface area contributed by atoms with Gasteiger partial charge in [0.2, 0.25) is 0 Å². The van der Waals surface area contributed by atoms with Crippen LogP contribution in [0.2, 0.25) is 5.02 Å². The van der Waals surface area contributed by atoms with Crippen LogP contribution in [0, 0.1) is 0 Å². The van der Waals surface area contributed by atoms with Crippen molar-refractivity contribution < 1.29 is 22.5 Å². The average Bonchev–Trinajstić information content (AvgIpc) is 3.35. The predicted molar refractivity (Wildman–Crippen MR) is 110 cm³/mol. The van der Waals surface area contributed by atoms with Crippen molar-refractivity contribution in [3.05, 3.63) is 87.9 Å². The largest absolute Gasteiger partial charge is 0.416 e. The lowest BCUT2D eigenvalue weighted by molar-refractivity contribution is -0.137. The van der Waals surface area contributed by atoms with Crippen molar-refractivity contribution in [3.8, 4) is 0 Å². The van der Waals surface area contributed by atoms with Crippen LogP contribution in [0.15, 0.2) is 59.3 Å². The summed E-state index contributed by atoms with van der Waals surface area (Å²) in [7, 11) is 0. The van der Waals surface area contributed by atoms with Gasteiger partial charge in [-0.25, -0.2) is 0 Å². The standard InChI is InChI=1S/C22H17ClF3N3O2/c23-16-5-6-19-18(10-16)14(12-28-19)7-8-27-21(30)20-11-17(31-29-20)9-13-1-3-15(4-2-13)22(24,25)26/h1-6,10-12,28H,7-9H2,(H,27,30). The fourth-order valence-electron chi connectivity index (χ4n) is 3.27. The van der Waals surface area contributed by atoms with Gasteiger partial charge in [-0.2, -0.15) is 13.2 Å². The Morgan fingerprint density at radius 1 is 1.13 bits per heavy atom. The molecule has 0 saturated carbocycles. The molecule has 0 fully saturated rings. The molecule has 4 aromatic rings. The number of carbonyl (C=O) groups excluding carboxylic acids is 1. The molecule has 2 heterocycles. The van der Waals surface area contributed by atoms with E-state index in [4.69, 9.17) is 16.1 Å². The number of hydrogen-bond donors (Lipinski definition) is 2. The highest BCUT2D eigenvalue weighted by Crippen LogP contribution is 2.29. The lowest BCUT2D eigenvalue weighted by atomic mass is 10.1. The Bertz CT molecular complexity index is 1210. The monoisotopic (exact) mass is 447 g/mol. The molecule has 5 nitrogen and oxygen atoms in total. The summed E-state index contributed by atoms with van der Waals surface area (Å²) in [5.41, 5.74) is 2.01. The fraction of sp³-hybridized carbons (Fsp3) is 0.182. The summed E-state index contributed by atoms with van der Waals surface area (Å²) >= 11 is 6.05. The number of fused-ring (bicyclic) bond motifs is 1. The fourth-order valence-corrected chi connectivity index (χ4v) is 3.45. The normalized spacial score (nSPS) is 11.7. The van der Waals surface area contributed by atoms with Crippen LogP contribution in [-0.4, -0.2) is 22.6 Å². The molecule has 0 aliphatic heterocycles. The number of aromatic nitrogens is 2. The van der Waals surface area contributed by atoms with Gasteiger partial charge < -0.3 is 14.8 Å². The minimum absolute atomic E-state index is 0.115. The van der Waals surface area contributed by atoms with E-state index in [1.807, 2.05) is 18.3 Å². The maximum absolute atomic E-state index is 12.6. The van der Waals surface area contributed by atoms with E-state index in [0.717, 1.165) is 28.6 Å². The van der Waals surface area contributed by atoms with E-state index in [9.17, 15) is 18.0 Å². The molecule has 2 N–H and O–H groups in total. The van der Waals surface area contributed by atoms with Crippen molar-refractivity contribution in [2.75, 3.05) is 6.54 Å². The number of alkyl halides is 3. The van der Waals surface area contributed by atoms with Gasteiger partial charge in [0.15, 0.2) is 5.69 Å². The molecule has 0 atom stereocenters. The maximum atomic E-state index is 12.6. The molecule has 1 amide bonds. The Hall–Kier alpha value is -3.26. The summed E-state index contributed by atoms with van der Waals surface area (Å²) < 4.78 is 43.1. The first-order chi connectivity index (χ1) is 14.8. The van der Waals surface area contributed by atoms with Crippen LogP contribution in [0.1, 0.15) is 32.9 Å². The molecule has 4 rings (SSSR count). The van der Waals surface area contributed by atoms with Crippen LogP contribution in [0.5, 0.6) is 0 Å². The summed E-state index contributed by atoms with van der Waals surface area (Å²) in [6.45, 7) is 0.388. The molecule has 0 aliphatic carbocycles. The zero-order chi connectivity index (χ0) is 22.0. The maximum Gasteiger partial charge on any atom is 0.416 e. The quantitative estimate of drug-likeness (QED) is 0.416. The van der Waals surface area contributed by atoms with E-state index >= 15 is 0 Å². The Labute approximate surface area is 180 Å². The third-order valence-corrected chi connectivity index (χ3v) is 5.10. The number of halogens is 4. The van der Waals surface area contributed by atoms with E-state index in [1.165, 1.54) is 18.2 Å². The molecule has 0 bridgehead atoms. The summed E-state index contributed by atoms with van der Waals surface area (Å²) in [6, 6.07) is 11.8. The van der Waals surface area contributed by atoms with Gasteiger partial charge in [0.05, 0.1) is 5.56 Å². The van der Waals surface area contributed by atoms with Crippen LogP contribution in [0.4, 0.5) is 13.2 Å². The number of hydrogen-bond acceptors (Lipinski definition) is 3. The predicted octanol–water partition coefficient (Wildman–Crippen LogP) is 5.39. The highest BCUT2D eigenvalue weighted by Gasteiger charge is 2.30. The van der Waals surface area contributed by atoms with E-state index in [-0.39, 0.29) is 18.0 Å². The number of amides is 1. The summed E-state index contributed by atoms with van der Waals surface area (Å²) in [4.78, 5) is 15.5. The molecule has 2 aromatic heterocycles. The first-order valence-corrected chi connectivity index (χ1v) is 9.83.